The van der Waals surface area contributed by atoms with Crippen molar-refractivity contribution < 1.29 is 24.0 Å². The number of benzene rings is 2. The van der Waals surface area contributed by atoms with E-state index in [1.165, 1.54) is 32.4 Å². The lowest BCUT2D eigenvalue weighted by molar-refractivity contribution is -0.385. The number of methoxy groups -OCH3 is 2. The van der Waals surface area contributed by atoms with Crippen LogP contribution < -0.4 is 19.9 Å². The molecule has 0 radical (unpaired) electrons. The van der Waals surface area contributed by atoms with Gasteiger partial charge in [-0.1, -0.05) is 12.1 Å². The summed E-state index contributed by atoms with van der Waals surface area (Å²) >= 11 is 0. The van der Waals surface area contributed by atoms with Gasteiger partial charge in [-0.3, -0.25) is 25.1 Å². The molecule has 1 heterocycles. The number of nitro benzene ring substituents is 1. The summed E-state index contributed by atoms with van der Waals surface area (Å²) in [6.45, 7) is 1.86. The minimum absolute atomic E-state index is 0.0484. The van der Waals surface area contributed by atoms with E-state index < -0.39 is 16.7 Å². The summed E-state index contributed by atoms with van der Waals surface area (Å²) < 4.78 is 10.2. The van der Waals surface area contributed by atoms with Gasteiger partial charge in [-0.25, -0.2) is 5.01 Å². The summed E-state index contributed by atoms with van der Waals surface area (Å²) in [5.41, 5.74) is 3.37. The molecule has 1 N–H and O–H groups in total. The number of hydrazine groups is 1. The molecule has 1 aliphatic rings. The predicted molar refractivity (Wildman–Crippen MR) is 101 cm³/mol. The van der Waals surface area contributed by atoms with Crippen LogP contribution in [0.1, 0.15) is 11.1 Å². The van der Waals surface area contributed by atoms with Gasteiger partial charge in [0.15, 0.2) is 11.5 Å². The largest absolute Gasteiger partial charge is 0.493 e. The molecule has 3 rings (SSSR count). The molecule has 2 aromatic carbocycles. The first-order valence-corrected chi connectivity index (χ1v) is 8.20. The third-order valence-electron chi connectivity index (χ3n) is 4.18. The van der Waals surface area contributed by atoms with Gasteiger partial charge in [0.25, 0.3) is 17.5 Å². The molecule has 0 bridgehead atoms. The fourth-order valence-corrected chi connectivity index (χ4v) is 2.82. The van der Waals surface area contributed by atoms with Gasteiger partial charge in [0.1, 0.15) is 5.57 Å². The Morgan fingerprint density at radius 1 is 1.11 bits per heavy atom. The Balaban J connectivity index is 2.07. The highest BCUT2D eigenvalue weighted by Gasteiger charge is 2.35. The number of carbonyl (C=O) groups excluding carboxylic acids is 2. The number of ether oxygens (including phenoxy) is 2. The van der Waals surface area contributed by atoms with E-state index in [1.807, 2.05) is 13.0 Å². The number of rotatable bonds is 5. The second-order valence-corrected chi connectivity index (χ2v) is 6.00. The fraction of sp³-hybridized carbons (Fsp3) is 0.158. The third kappa shape index (κ3) is 3.37. The van der Waals surface area contributed by atoms with Crippen molar-refractivity contribution in [1.29, 1.82) is 0 Å². The SMILES string of the molecule is COc1cc(/C=C2/C(=O)NN(c3cccc(C)c3)C2=O)c([N+](=O)[O-])cc1OC. The van der Waals surface area contributed by atoms with Gasteiger partial charge in [-0.15, -0.1) is 0 Å². The molecule has 28 heavy (non-hydrogen) atoms. The summed E-state index contributed by atoms with van der Waals surface area (Å²) in [6.07, 6.45) is 1.17. The predicted octanol–water partition coefficient (Wildman–Crippen LogP) is 2.38. The normalized spacial score (nSPS) is 15.0. The maximum atomic E-state index is 12.7. The van der Waals surface area contributed by atoms with Crippen molar-refractivity contribution in [1.82, 2.24) is 5.43 Å². The summed E-state index contributed by atoms with van der Waals surface area (Å²) in [5, 5.41) is 12.5. The Labute approximate surface area is 160 Å². The Hall–Kier alpha value is -3.88. The molecular formula is C19H17N3O6. The summed E-state index contributed by atoms with van der Waals surface area (Å²) in [7, 11) is 2.74. The molecule has 0 unspecified atom stereocenters. The lowest BCUT2D eigenvalue weighted by Crippen LogP contribution is -2.35. The quantitative estimate of drug-likeness (QED) is 0.367. The second kappa shape index (κ2) is 7.39. The van der Waals surface area contributed by atoms with E-state index in [0.29, 0.717) is 5.69 Å². The van der Waals surface area contributed by atoms with Crippen LogP contribution in [0.3, 0.4) is 0 Å². The Kier molecular flexibility index (Phi) is 4.99. The highest BCUT2D eigenvalue weighted by Crippen LogP contribution is 2.36. The minimum atomic E-state index is -0.657. The van der Waals surface area contributed by atoms with E-state index >= 15 is 0 Å². The number of anilines is 1. The zero-order valence-corrected chi connectivity index (χ0v) is 15.4. The molecule has 2 aromatic rings. The van der Waals surface area contributed by atoms with Crippen molar-refractivity contribution >= 4 is 29.3 Å². The molecule has 0 aliphatic carbocycles. The first-order valence-electron chi connectivity index (χ1n) is 8.20. The van der Waals surface area contributed by atoms with Crippen LogP contribution in [-0.4, -0.2) is 31.0 Å². The number of amides is 2. The first-order chi connectivity index (χ1) is 13.3. The molecule has 9 heteroatoms. The number of hydrogen-bond acceptors (Lipinski definition) is 6. The molecule has 2 amide bonds. The van der Waals surface area contributed by atoms with Crippen molar-refractivity contribution in [2.24, 2.45) is 0 Å². The first kappa shape index (κ1) is 18.9. The van der Waals surface area contributed by atoms with E-state index in [9.17, 15) is 19.7 Å². The molecule has 0 saturated carbocycles. The zero-order chi connectivity index (χ0) is 20.4. The van der Waals surface area contributed by atoms with Gasteiger partial charge >= 0.3 is 0 Å². The van der Waals surface area contributed by atoms with Gasteiger partial charge in [0.2, 0.25) is 0 Å². The van der Waals surface area contributed by atoms with Crippen LogP contribution in [0.4, 0.5) is 11.4 Å². The van der Waals surface area contributed by atoms with Crippen molar-refractivity contribution in [3.63, 3.8) is 0 Å². The molecule has 1 fully saturated rings. The van der Waals surface area contributed by atoms with Crippen LogP contribution in [-0.2, 0) is 9.59 Å². The standard InChI is InChI=1S/C19H17N3O6/c1-11-5-4-6-13(7-11)21-19(24)14(18(23)20-21)8-12-9-16(27-2)17(28-3)10-15(12)22(25)26/h4-10H,1-3H3,(H,20,23)/b14-8-. The van der Waals surface area contributed by atoms with Gasteiger partial charge in [-0.05, 0) is 36.8 Å². The number of nitro groups is 1. The number of nitrogens with one attached hydrogen (secondary N) is 1. The van der Waals surface area contributed by atoms with E-state index in [1.54, 1.807) is 18.2 Å². The topological polar surface area (TPSA) is 111 Å². The third-order valence-corrected chi connectivity index (χ3v) is 4.18. The molecular weight excluding hydrogens is 366 g/mol. The molecule has 9 nitrogen and oxygen atoms in total. The van der Waals surface area contributed by atoms with Gasteiger partial charge in [0, 0.05) is 0 Å². The lowest BCUT2D eigenvalue weighted by Gasteiger charge is -2.14. The Morgan fingerprint density at radius 2 is 1.79 bits per heavy atom. The van der Waals surface area contributed by atoms with E-state index in [0.717, 1.165) is 10.6 Å². The van der Waals surface area contributed by atoms with Gasteiger partial charge in [-0.2, -0.15) is 0 Å². The number of hydrogen-bond donors (Lipinski definition) is 1. The van der Waals surface area contributed by atoms with Crippen molar-refractivity contribution in [3.05, 3.63) is 63.2 Å². The maximum Gasteiger partial charge on any atom is 0.282 e. The van der Waals surface area contributed by atoms with Crippen molar-refractivity contribution in [3.8, 4) is 11.5 Å². The smallest absolute Gasteiger partial charge is 0.282 e. The van der Waals surface area contributed by atoms with E-state index in [-0.39, 0.29) is 28.3 Å². The molecule has 0 aromatic heterocycles. The molecule has 1 saturated heterocycles. The van der Waals surface area contributed by atoms with E-state index in [4.69, 9.17) is 9.47 Å². The highest BCUT2D eigenvalue weighted by molar-refractivity contribution is 6.31. The summed E-state index contributed by atoms with van der Waals surface area (Å²) in [4.78, 5) is 35.9. The van der Waals surface area contributed by atoms with Crippen LogP contribution >= 0.6 is 0 Å². The lowest BCUT2D eigenvalue weighted by atomic mass is 10.1. The van der Waals surface area contributed by atoms with Crippen LogP contribution in [0.25, 0.3) is 6.08 Å². The van der Waals surface area contributed by atoms with Gasteiger partial charge < -0.3 is 9.47 Å². The van der Waals surface area contributed by atoms with Gasteiger partial charge in [0.05, 0.1) is 36.5 Å². The van der Waals surface area contributed by atoms with Crippen molar-refractivity contribution in [2.75, 3.05) is 19.2 Å². The van der Waals surface area contributed by atoms with E-state index in [2.05, 4.69) is 5.43 Å². The maximum absolute atomic E-state index is 12.7. The highest BCUT2D eigenvalue weighted by atomic mass is 16.6. The van der Waals surface area contributed by atoms with Crippen LogP contribution in [0.15, 0.2) is 42.0 Å². The monoisotopic (exact) mass is 383 g/mol. The van der Waals surface area contributed by atoms with Crippen LogP contribution in [0.5, 0.6) is 11.5 Å². The molecule has 0 spiro atoms. The number of nitrogens with zero attached hydrogens (tertiary/aromatic N) is 2. The molecule has 0 atom stereocenters. The van der Waals surface area contributed by atoms with Crippen LogP contribution in [0.2, 0.25) is 0 Å². The zero-order valence-electron chi connectivity index (χ0n) is 15.4. The average molecular weight is 383 g/mol. The number of carbonyl (C=O) groups is 2. The summed E-state index contributed by atoms with van der Waals surface area (Å²) in [6, 6.07) is 9.55. The molecule has 144 valence electrons. The van der Waals surface area contributed by atoms with Crippen molar-refractivity contribution in [2.45, 2.75) is 6.92 Å². The second-order valence-electron chi connectivity index (χ2n) is 6.00. The van der Waals surface area contributed by atoms with Crippen LogP contribution in [0, 0.1) is 17.0 Å². The number of aryl methyl sites for hydroxylation is 1. The Bertz CT molecular complexity index is 1010. The average Bonchev–Trinajstić information content (AvgIpc) is 2.95. The minimum Gasteiger partial charge on any atom is -0.493 e. The fourth-order valence-electron chi connectivity index (χ4n) is 2.82. The summed E-state index contributed by atoms with van der Waals surface area (Å²) in [5.74, 6) is -0.864. The Morgan fingerprint density at radius 3 is 2.39 bits per heavy atom. The molecule has 1 aliphatic heterocycles.